The molecular formula is C21H20F5N7O. The lowest BCUT2D eigenvalue weighted by Gasteiger charge is -2.38. The average Bonchev–Trinajstić information content (AvgIpc) is 3.34. The highest BCUT2D eigenvalue weighted by atomic mass is 19.4. The van der Waals surface area contributed by atoms with Crippen molar-refractivity contribution >= 4 is 28.7 Å². The van der Waals surface area contributed by atoms with Crippen LogP contribution in [0.25, 0.3) is 11.2 Å². The summed E-state index contributed by atoms with van der Waals surface area (Å²) in [6.07, 6.45) is -2.75. The molecule has 2 aliphatic rings. The van der Waals surface area contributed by atoms with Gasteiger partial charge >= 0.3 is 6.18 Å². The number of halogens is 5. The van der Waals surface area contributed by atoms with Gasteiger partial charge in [0.05, 0.1) is 17.8 Å². The quantitative estimate of drug-likeness (QED) is 0.531. The molecule has 8 nitrogen and oxygen atoms in total. The van der Waals surface area contributed by atoms with Gasteiger partial charge in [-0.15, -0.1) is 0 Å². The number of hydrogen-bond acceptors (Lipinski definition) is 6. The molecule has 3 aromatic heterocycles. The number of fused-ring (bicyclic) bond motifs is 1. The van der Waals surface area contributed by atoms with Crippen LogP contribution in [0.2, 0.25) is 0 Å². The third-order valence-electron chi connectivity index (χ3n) is 6.50. The van der Waals surface area contributed by atoms with Gasteiger partial charge in [-0.05, 0) is 31.4 Å². The van der Waals surface area contributed by atoms with Gasteiger partial charge in [0, 0.05) is 19.6 Å². The molecule has 0 saturated carbocycles. The van der Waals surface area contributed by atoms with E-state index in [0.717, 1.165) is 10.7 Å². The minimum atomic E-state index is -4.59. The molecule has 2 saturated heterocycles. The molecule has 2 fully saturated rings. The second-order valence-electron chi connectivity index (χ2n) is 8.51. The molecule has 1 amide bonds. The Labute approximate surface area is 190 Å². The van der Waals surface area contributed by atoms with Gasteiger partial charge in [0.15, 0.2) is 5.65 Å². The molecule has 2 aliphatic heterocycles. The van der Waals surface area contributed by atoms with Crippen LogP contribution in [0.4, 0.5) is 33.6 Å². The molecule has 180 valence electrons. The maximum atomic E-state index is 13.2. The number of nitrogens with zero attached hydrogens (tertiary/aromatic N) is 7. The van der Waals surface area contributed by atoms with E-state index < -0.39 is 30.3 Å². The van der Waals surface area contributed by atoms with Crippen molar-refractivity contribution < 1.29 is 26.7 Å². The number of carbonyl (C=O) groups excluding carboxylic acids is 1. The van der Waals surface area contributed by atoms with Crippen molar-refractivity contribution in [2.24, 2.45) is 5.41 Å². The normalized spacial score (nSPS) is 18.6. The zero-order chi connectivity index (χ0) is 24.1. The molecule has 0 atom stereocenters. The molecule has 0 aliphatic carbocycles. The summed E-state index contributed by atoms with van der Waals surface area (Å²) < 4.78 is 65.9. The number of piperidine rings is 1. The Kier molecular flexibility index (Phi) is 5.36. The second-order valence-corrected chi connectivity index (χ2v) is 8.51. The van der Waals surface area contributed by atoms with Crippen LogP contribution in [0.1, 0.15) is 25.0 Å². The van der Waals surface area contributed by atoms with Crippen LogP contribution >= 0.6 is 0 Å². The van der Waals surface area contributed by atoms with Crippen LogP contribution in [0.3, 0.4) is 0 Å². The van der Waals surface area contributed by atoms with E-state index in [1.54, 1.807) is 6.20 Å². The molecule has 1 spiro atoms. The Balaban J connectivity index is 1.31. The number of hydrogen-bond donors (Lipinski definition) is 0. The molecule has 0 unspecified atom stereocenters. The van der Waals surface area contributed by atoms with Crippen molar-refractivity contribution in [1.29, 1.82) is 0 Å². The zero-order valence-corrected chi connectivity index (χ0v) is 17.8. The highest BCUT2D eigenvalue weighted by Gasteiger charge is 2.49. The van der Waals surface area contributed by atoms with Crippen molar-refractivity contribution in [3.8, 4) is 0 Å². The number of amides is 1. The van der Waals surface area contributed by atoms with E-state index in [4.69, 9.17) is 0 Å². The van der Waals surface area contributed by atoms with Gasteiger partial charge in [-0.1, -0.05) is 6.07 Å². The van der Waals surface area contributed by atoms with Gasteiger partial charge in [0.2, 0.25) is 5.91 Å². The van der Waals surface area contributed by atoms with Gasteiger partial charge in [-0.3, -0.25) is 9.69 Å². The topological polar surface area (TPSA) is 80.0 Å². The molecule has 34 heavy (non-hydrogen) atoms. The molecular weight excluding hydrogens is 461 g/mol. The Hall–Kier alpha value is -3.38. The number of carbonyl (C=O) groups is 1. The van der Waals surface area contributed by atoms with E-state index in [2.05, 4.69) is 20.1 Å². The molecule has 0 radical (unpaired) electrons. The predicted octanol–water partition coefficient (Wildman–Crippen LogP) is 3.53. The van der Waals surface area contributed by atoms with Gasteiger partial charge in [-0.25, -0.2) is 28.4 Å². The summed E-state index contributed by atoms with van der Waals surface area (Å²) in [5.41, 5.74) is -1.04. The van der Waals surface area contributed by atoms with Gasteiger partial charge in [0.1, 0.15) is 29.4 Å². The summed E-state index contributed by atoms with van der Waals surface area (Å²) in [6.45, 7) is 0.655. The molecule has 0 bridgehead atoms. The molecule has 13 heteroatoms. The lowest BCUT2D eigenvalue weighted by molar-refractivity contribution is -0.141. The molecule has 5 heterocycles. The monoisotopic (exact) mass is 481 g/mol. The second kappa shape index (κ2) is 8.13. The Morgan fingerprint density at radius 3 is 2.44 bits per heavy atom. The molecule has 0 aromatic carbocycles. The zero-order valence-electron chi connectivity index (χ0n) is 17.8. The summed E-state index contributed by atoms with van der Waals surface area (Å²) in [5.74, 6) is 0.276. The third kappa shape index (κ3) is 3.92. The van der Waals surface area contributed by atoms with Crippen molar-refractivity contribution in [3.63, 3.8) is 0 Å². The van der Waals surface area contributed by atoms with E-state index in [0.29, 0.717) is 50.2 Å². The van der Waals surface area contributed by atoms with E-state index in [-0.39, 0.29) is 17.4 Å². The first-order valence-corrected chi connectivity index (χ1v) is 10.7. The number of alkyl halides is 5. The molecule has 3 aromatic rings. The van der Waals surface area contributed by atoms with E-state index in [1.165, 1.54) is 23.2 Å². The summed E-state index contributed by atoms with van der Waals surface area (Å²) in [7, 11) is 0. The van der Waals surface area contributed by atoms with Crippen molar-refractivity contribution in [1.82, 2.24) is 24.7 Å². The maximum Gasteiger partial charge on any atom is 0.433 e. The fraction of sp³-hybridized carbons (Fsp3) is 0.476. The largest absolute Gasteiger partial charge is 0.433 e. The van der Waals surface area contributed by atoms with E-state index in [1.807, 2.05) is 4.90 Å². The maximum absolute atomic E-state index is 13.2. The van der Waals surface area contributed by atoms with E-state index >= 15 is 0 Å². The fourth-order valence-corrected chi connectivity index (χ4v) is 4.65. The SMILES string of the molecule is O=C1N(c2cccc(C(F)(F)F)n2)CCC12CCN(c1cnc3cnn(CC(F)F)c3n1)CC2. The minimum Gasteiger partial charge on any atom is -0.355 e. The summed E-state index contributed by atoms with van der Waals surface area (Å²) in [6, 6.07) is 3.54. The van der Waals surface area contributed by atoms with Crippen LogP contribution < -0.4 is 9.80 Å². The summed E-state index contributed by atoms with van der Waals surface area (Å²) in [5, 5.41) is 3.91. The first kappa shape index (κ1) is 22.4. The van der Waals surface area contributed by atoms with Crippen LogP contribution in [0.15, 0.2) is 30.6 Å². The first-order chi connectivity index (χ1) is 16.2. The Morgan fingerprint density at radius 1 is 1.00 bits per heavy atom. The fourth-order valence-electron chi connectivity index (χ4n) is 4.65. The molecule has 0 N–H and O–H groups in total. The van der Waals surface area contributed by atoms with E-state index in [9.17, 15) is 26.7 Å². The van der Waals surface area contributed by atoms with Crippen LogP contribution in [0.5, 0.6) is 0 Å². The Bertz CT molecular complexity index is 1220. The van der Waals surface area contributed by atoms with Gasteiger partial charge < -0.3 is 4.90 Å². The first-order valence-electron chi connectivity index (χ1n) is 10.7. The van der Waals surface area contributed by atoms with Gasteiger partial charge in [0.25, 0.3) is 6.43 Å². The highest BCUT2D eigenvalue weighted by molar-refractivity contribution is 5.99. The number of rotatable bonds is 4. The van der Waals surface area contributed by atoms with Crippen LogP contribution in [-0.2, 0) is 17.5 Å². The lowest BCUT2D eigenvalue weighted by Crippen LogP contribution is -2.45. The number of anilines is 2. The summed E-state index contributed by atoms with van der Waals surface area (Å²) in [4.78, 5) is 28.9. The summed E-state index contributed by atoms with van der Waals surface area (Å²) >= 11 is 0. The minimum absolute atomic E-state index is 0.00254. The smallest absolute Gasteiger partial charge is 0.355 e. The van der Waals surface area contributed by atoms with Crippen LogP contribution in [-0.4, -0.2) is 56.7 Å². The van der Waals surface area contributed by atoms with Crippen molar-refractivity contribution in [2.45, 2.75) is 38.4 Å². The number of pyridine rings is 1. The van der Waals surface area contributed by atoms with Crippen molar-refractivity contribution in [2.75, 3.05) is 29.4 Å². The standard InChI is InChI=1S/C21H20F5N7O/c22-15(23)12-33-18-13(10-28-33)27-11-17(30-18)31-7-4-20(5-8-31)6-9-32(19(20)34)16-3-1-2-14(29-16)21(24,25)26/h1-3,10-11,15H,4-9,12H2. The van der Waals surface area contributed by atoms with Crippen molar-refractivity contribution in [3.05, 3.63) is 36.3 Å². The highest BCUT2D eigenvalue weighted by Crippen LogP contribution is 2.43. The number of aromatic nitrogens is 5. The Morgan fingerprint density at radius 2 is 1.74 bits per heavy atom. The predicted molar refractivity (Wildman–Crippen MR) is 111 cm³/mol. The third-order valence-corrected chi connectivity index (χ3v) is 6.50. The lowest BCUT2D eigenvalue weighted by atomic mass is 9.77. The molecule has 5 rings (SSSR count). The van der Waals surface area contributed by atoms with Crippen LogP contribution in [0, 0.1) is 5.41 Å². The average molecular weight is 481 g/mol. The van der Waals surface area contributed by atoms with Gasteiger partial charge in [-0.2, -0.15) is 18.3 Å².